The zero-order valence-electron chi connectivity index (χ0n) is 10.9. The van der Waals surface area contributed by atoms with E-state index in [-0.39, 0.29) is 6.03 Å². The van der Waals surface area contributed by atoms with Gasteiger partial charge in [0.2, 0.25) is 0 Å². The van der Waals surface area contributed by atoms with E-state index >= 15 is 0 Å². The molecule has 2 aliphatic rings. The van der Waals surface area contributed by atoms with E-state index in [0.717, 1.165) is 6.42 Å². The van der Waals surface area contributed by atoms with Crippen LogP contribution in [0.4, 0.5) is 4.79 Å². The lowest BCUT2D eigenvalue weighted by Crippen LogP contribution is -2.51. The Kier molecular flexibility index (Phi) is 3.92. The van der Waals surface area contributed by atoms with E-state index in [9.17, 15) is 14.4 Å². The van der Waals surface area contributed by atoms with Gasteiger partial charge in [-0.25, -0.2) is 14.4 Å². The van der Waals surface area contributed by atoms with E-state index in [1.165, 1.54) is 16.9 Å². The molecule has 2 fully saturated rings. The normalized spacial score (nSPS) is 26.6. The topological polar surface area (TPSA) is 87.2 Å². The number of urea groups is 1. The van der Waals surface area contributed by atoms with E-state index in [0.29, 0.717) is 32.4 Å². The Morgan fingerprint density at radius 2 is 1.58 bits per heavy atom. The van der Waals surface area contributed by atoms with Crippen molar-refractivity contribution in [3.8, 4) is 0 Å². The van der Waals surface area contributed by atoms with Gasteiger partial charge in [-0.15, -0.1) is 0 Å². The summed E-state index contributed by atoms with van der Waals surface area (Å²) in [7, 11) is 1.29. The Hall–Kier alpha value is -1.79. The molecular weight excluding hydrogens is 252 g/mol. The molecule has 0 spiro atoms. The maximum Gasteiger partial charge on any atom is 0.328 e. The van der Waals surface area contributed by atoms with Crippen LogP contribution in [0, 0.1) is 0 Å². The fraction of sp³-hybridized carbons (Fsp3) is 0.750. The minimum absolute atomic E-state index is 0.363. The Morgan fingerprint density at radius 3 is 2.11 bits per heavy atom. The monoisotopic (exact) mass is 270 g/mol. The van der Waals surface area contributed by atoms with Crippen LogP contribution in [0.1, 0.15) is 25.7 Å². The summed E-state index contributed by atoms with van der Waals surface area (Å²) in [4.78, 5) is 37.9. The number of carboxylic acids is 1. The van der Waals surface area contributed by atoms with Gasteiger partial charge in [0.1, 0.15) is 12.1 Å². The molecule has 0 bridgehead atoms. The average molecular weight is 270 g/mol. The molecule has 0 aromatic rings. The summed E-state index contributed by atoms with van der Waals surface area (Å²) in [6, 6.07) is -1.71. The van der Waals surface area contributed by atoms with Gasteiger partial charge in [0, 0.05) is 13.1 Å². The van der Waals surface area contributed by atoms with Gasteiger partial charge in [-0.1, -0.05) is 0 Å². The van der Waals surface area contributed by atoms with Gasteiger partial charge in [0.05, 0.1) is 7.11 Å². The first-order valence-electron chi connectivity index (χ1n) is 6.44. The Labute approximate surface area is 111 Å². The second-order valence-corrected chi connectivity index (χ2v) is 4.85. The molecule has 0 aromatic heterocycles. The van der Waals surface area contributed by atoms with E-state index in [1.807, 2.05) is 0 Å². The third-order valence-electron chi connectivity index (χ3n) is 3.76. The number of nitrogens with zero attached hydrogens (tertiary/aromatic N) is 2. The maximum absolute atomic E-state index is 12.4. The largest absolute Gasteiger partial charge is 0.480 e. The molecule has 106 valence electrons. The highest BCUT2D eigenvalue weighted by atomic mass is 16.5. The number of carbonyl (C=O) groups is 3. The van der Waals surface area contributed by atoms with E-state index < -0.39 is 24.0 Å². The first kappa shape index (κ1) is 13.6. The molecule has 2 atom stereocenters. The number of rotatable bonds is 2. The minimum Gasteiger partial charge on any atom is -0.480 e. The second-order valence-electron chi connectivity index (χ2n) is 4.85. The number of methoxy groups -OCH3 is 1. The number of carbonyl (C=O) groups excluding carboxylic acids is 2. The highest BCUT2D eigenvalue weighted by Crippen LogP contribution is 2.25. The molecule has 2 unspecified atom stereocenters. The number of hydrogen-bond donors (Lipinski definition) is 1. The van der Waals surface area contributed by atoms with Gasteiger partial charge < -0.3 is 19.6 Å². The zero-order chi connectivity index (χ0) is 14.0. The summed E-state index contributed by atoms with van der Waals surface area (Å²) in [5.74, 6) is -1.42. The molecule has 0 radical (unpaired) electrons. The number of likely N-dealkylation sites (tertiary alicyclic amines) is 2. The molecule has 7 heteroatoms. The van der Waals surface area contributed by atoms with E-state index in [1.54, 1.807) is 0 Å². The molecule has 0 aliphatic carbocycles. The van der Waals surface area contributed by atoms with Gasteiger partial charge in [0.25, 0.3) is 0 Å². The van der Waals surface area contributed by atoms with Crippen LogP contribution >= 0.6 is 0 Å². The Balaban J connectivity index is 2.10. The lowest BCUT2D eigenvalue weighted by atomic mass is 10.2. The summed E-state index contributed by atoms with van der Waals surface area (Å²) in [6.07, 6.45) is 2.46. The van der Waals surface area contributed by atoms with Crippen molar-refractivity contribution in [2.45, 2.75) is 37.8 Å². The highest BCUT2D eigenvalue weighted by Gasteiger charge is 2.41. The summed E-state index contributed by atoms with van der Waals surface area (Å²) in [5.41, 5.74) is 0. The van der Waals surface area contributed by atoms with Crippen molar-refractivity contribution < 1.29 is 24.2 Å². The number of hydrogen-bond acceptors (Lipinski definition) is 4. The number of esters is 1. The summed E-state index contributed by atoms with van der Waals surface area (Å²) < 4.78 is 4.68. The van der Waals surface area contributed by atoms with Crippen LogP contribution in [0.15, 0.2) is 0 Å². The standard InChI is InChI=1S/C12H18N2O5/c1-19-11(17)9-5-3-7-14(9)12(18)13-6-2-4-8(13)10(15)16/h8-9H,2-7H2,1H3,(H,15,16). The Morgan fingerprint density at radius 1 is 1.05 bits per heavy atom. The van der Waals surface area contributed by atoms with Gasteiger partial charge in [-0.2, -0.15) is 0 Å². The van der Waals surface area contributed by atoms with Gasteiger partial charge >= 0.3 is 18.0 Å². The van der Waals surface area contributed by atoms with Crippen molar-refractivity contribution >= 4 is 18.0 Å². The third kappa shape index (κ3) is 2.50. The first-order valence-corrected chi connectivity index (χ1v) is 6.44. The third-order valence-corrected chi connectivity index (χ3v) is 3.76. The fourth-order valence-corrected chi connectivity index (χ4v) is 2.79. The predicted molar refractivity (Wildman–Crippen MR) is 64.5 cm³/mol. The summed E-state index contributed by atoms with van der Waals surface area (Å²) >= 11 is 0. The minimum atomic E-state index is -0.986. The van der Waals surface area contributed by atoms with Crippen molar-refractivity contribution in [1.82, 2.24) is 9.80 Å². The lowest BCUT2D eigenvalue weighted by molar-refractivity contribution is -0.145. The van der Waals surface area contributed by atoms with Crippen molar-refractivity contribution in [1.29, 1.82) is 0 Å². The van der Waals surface area contributed by atoms with Gasteiger partial charge in [-0.05, 0) is 25.7 Å². The molecule has 2 amide bonds. The van der Waals surface area contributed by atoms with Gasteiger partial charge in [-0.3, -0.25) is 0 Å². The smallest absolute Gasteiger partial charge is 0.328 e. The Bertz CT molecular complexity index is 398. The molecule has 7 nitrogen and oxygen atoms in total. The number of amides is 2. The van der Waals surface area contributed by atoms with Gasteiger partial charge in [0.15, 0.2) is 0 Å². The predicted octanol–water partition coefficient (Wildman–Crippen LogP) is 0.293. The van der Waals surface area contributed by atoms with E-state index in [2.05, 4.69) is 4.74 Å². The quantitative estimate of drug-likeness (QED) is 0.729. The molecule has 2 saturated heterocycles. The fourth-order valence-electron chi connectivity index (χ4n) is 2.79. The van der Waals surface area contributed by atoms with Crippen LogP contribution in [0.3, 0.4) is 0 Å². The SMILES string of the molecule is COC(=O)C1CCCN1C(=O)N1CCCC1C(=O)O. The van der Waals surface area contributed by atoms with Crippen molar-refractivity contribution in [2.75, 3.05) is 20.2 Å². The molecule has 2 rings (SSSR count). The average Bonchev–Trinajstić information content (AvgIpc) is 3.05. The first-order chi connectivity index (χ1) is 9.06. The lowest BCUT2D eigenvalue weighted by Gasteiger charge is -2.30. The van der Waals surface area contributed by atoms with Crippen LogP contribution < -0.4 is 0 Å². The van der Waals surface area contributed by atoms with Crippen LogP contribution in [-0.2, 0) is 14.3 Å². The number of aliphatic carboxylic acids is 1. The van der Waals surface area contributed by atoms with Crippen LogP contribution in [0.5, 0.6) is 0 Å². The second kappa shape index (κ2) is 5.46. The molecular formula is C12H18N2O5. The molecule has 2 heterocycles. The van der Waals surface area contributed by atoms with Crippen molar-refractivity contribution in [3.05, 3.63) is 0 Å². The van der Waals surface area contributed by atoms with E-state index in [4.69, 9.17) is 5.11 Å². The molecule has 19 heavy (non-hydrogen) atoms. The number of carboxylic acid groups (broad SMARTS) is 1. The number of ether oxygens (including phenoxy) is 1. The molecule has 1 N–H and O–H groups in total. The maximum atomic E-state index is 12.4. The summed E-state index contributed by atoms with van der Waals surface area (Å²) in [5, 5.41) is 9.09. The molecule has 0 aromatic carbocycles. The molecule has 2 aliphatic heterocycles. The highest BCUT2D eigenvalue weighted by molar-refractivity contribution is 5.87. The van der Waals surface area contributed by atoms with Crippen LogP contribution in [0.25, 0.3) is 0 Å². The van der Waals surface area contributed by atoms with Crippen molar-refractivity contribution in [3.63, 3.8) is 0 Å². The van der Waals surface area contributed by atoms with Crippen LogP contribution in [-0.4, -0.2) is 65.2 Å². The zero-order valence-corrected chi connectivity index (χ0v) is 10.9. The molecule has 0 saturated carbocycles. The summed E-state index contributed by atoms with van der Waals surface area (Å²) in [6.45, 7) is 0.904. The van der Waals surface area contributed by atoms with Crippen LogP contribution in [0.2, 0.25) is 0 Å². The van der Waals surface area contributed by atoms with Crippen molar-refractivity contribution in [2.24, 2.45) is 0 Å².